The van der Waals surface area contributed by atoms with Crippen LogP contribution in [0.2, 0.25) is 0 Å². The topological polar surface area (TPSA) is 29.5 Å². The van der Waals surface area contributed by atoms with Crippen molar-refractivity contribution in [2.24, 2.45) is 5.92 Å². The number of aliphatic hydroxyl groups is 1. The summed E-state index contributed by atoms with van der Waals surface area (Å²) >= 11 is 0. The summed E-state index contributed by atoms with van der Waals surface area (Å²) in [5.41, 5.74) is 2.20. The maximum absolute atomic E-state index is 13.1. The van der Waals surface area contributed by atoms with Crippen molar-refractivity contribution in [1.82, 2.24) is 0 Å². The van der Waals surface area contributed by atoms with Gasteiger partial charge in [-0.25, -0.2) is 4.39 Å². The maximum Gasteiger partial charge on any atom is 0.123 e. The van der Waals surface area contributed by atoms with Gasteiger partial charge < -0.3 is 9.84 Å². The van der Waals surface area contributed by atoms with Crippen LogP contribution in [-0.4, -0.2) is 17.8 Å². The van der Waals surface area contributed by atoms with E-state index in [4.69, 9.17) is 4.74 Å². The summed E-state index contributed by atoms with van der Waals surface area (Å²) in [4.78, 5) is 0. The van der Waals surface area contributed by atoms with E-state index in [1.165, 1.54) is 12.1 Å². The van der Waals surface area contributed by atoms with E-state index in [0.717, 1.165) is 24.0 Å². The highest BCUT2D eigenvalue weighted by Crippen LogP contribution is 2.41. The molecular formula is C19H21FO2. The molecule has 116 valence electrons. The molecule has 2 nitrogen and oxygen atoms in total. The Hall–Kier alpha value is -1.71. The molecule has 0 amide bonds. The SMILES string of the molecule is OC[C@H]1CC[C@@H](OCc2ccccc2)[C@@H]1c1ccc(F)cc1. The molecule has 0 spiro atoms. The van der Waals surface area contributed by atoms with E-state index in [0.29, 0.717) is 6.61 Å². The van der Waals surface area contributed by atoms with Gasteiger partial charge in [0.2, 0.25) is 0 Å². The normalized spacial score (nSPS) is 24.5. The van der Waals surface area contributed by atoms with E-state index < -0.39 is 0 Å². The Morgan fingerprint density at radius 3 is 2.41 bits per heavy atom. The number of halogens is 1. The smallest absolute Gasteiger partial charge is 0.123 e. The molecule has 1 aliphatic carbocycles. The summed E-state index contributed by atoms with van der Waals surface area (Å²) in [5.74, 6) is 0.0876. The first-order valence-corrected chi connectivity index (χ1v) is 7.80. The van der Waals surface area contributed by atoms with Gasteiger partial charge in [-0.15, -0.1) is 0 Å². The summed E-state index contributed by atoms with van der Waals surface area (Å²) in [6.45, 7) is 0.717. The molecule has 0 heterocycles. The van der Waals surface area contributed by atoms with Gasteiger partial charge in [-0.1, -0.05) is 42.5 Å². The summed E-state index contributed by atoms with van der Waals surface area (Å²) < 4.78 is 19.3. The fraction of sp³-hybridized carbons (Fsp3) is 0.368. The van der Waals surface area contributed by atoms with Crippen LogP contribution in [-0.2, 0) is 11.3 Å². The molecule has 2 aromatic carbocycles. The van der Waals surface area contributed by atoms with Gasteiger partial charge in [-0.2, -0.15) is 0 Å². The van der Waals surface area contributed by atoms with Crippen molar-refractivity contribution in [2.75, 3.05) is 6.61 Å². The van der Waals surface area contributed by atoms with Crippen molar-refractivity contribution in [3.63, 3.8) is 0 Å². The first-order chi connectivity index (χ1) is 10.8. The van der Waals surface area contributed by atoms with Gasteiger partial charge in [0.05, 0.1) is 12.7 Å². The lowest BCUT2D eigenvalue weighted by atomic mass is 9.88. The average Bonchev–Trinajstić information content (AvgIpc) is 2.97. The third-order valence-corrected chi connectivity index (χ3v) is 4.53. The second-order valence-corrected chi connectivity index (χ2v) is 5.93. The number of benzene rings is 2. The highest BCUT2D eigenvalue weighted by atomic mass is 19.1. The minimum absolute atomic E-state index is 0.0721. The zero-order chi connectivity index (χ0) is 15.4. The molecule has 0 radical (unpaired) electrons. The zero-order valence-corrected chi connectivity index (χ0v) is 12.5. The largest absolute Gasteiger partial charge is 0.396 e. The Morgan fingerprint density at radius 1 is 1.00 bits per heavy atom. The lowest BCUT2D eigenvalue weighted by Crippen LogP contribution is -2.22. The number of hydrogen-bond acceptors (Lipinski definition) is 2. The summed E-state index contributed by atoms with van der Waals surface area (Å²) in [6.07, 6.45) is 1.95. The van der Waals surface area contributed by atoms with Crippen LogP contribution in [0.15, 0.2) is 54.6 Å². The van der Waals surface area contributed by atoms with Crippen LogP contribution < -0.4 is 0 Å². The molecule has 2 aromatic rings. The molecule has 0 bridgehead atoms. The van der Waals surface area contributed by atoms with Crippen LogP contribution in [0, 0.1) is 11.7 Å². The Labute approximate surface area is 130 Å². The summed E-state index contributed by atoms with van der Waals surface area (Å²) in [7, 11) is 0. The molecule has 3 rings (SSSR count). The number of aliphatic hydroxyl groups excluding tert-OH is 1. The van der Waals surface area contributed by atoms with E-state index in [1.807, 2.05) is 42.5 Å². The summed E-state index contributed by atoms with van der Waals surface area (Å²) in [5, 5.41) is 9.63. The molecule has 0 aliphatic heterocycles. The van der Waals surface area contributed by atoms with Gasteiger partial charge in [0.1, 0.15) is 5.82 Å². The molecule has 1 N–H and O–H groups in total. The van der Waals surface area contributed by atoms with Crippen LogP contribution in [0.4, 0.5) is 4.39 Å². The standard InChI is InChI=1S/C19H21FO2/c20-17-9-6-15(7-10-17)19-16(12-21)8-11-18(19)22-13-14-4-2-1-3-5-14/h1-7,9-10,16,18-19,21H,8,11-13H2/t16-,18-,19-/m1/s1. The van der Waals surface area contributed by atoms with Crippen molar-refractivity contribution in [2.45, 2.75) is 31.5 Å². The third kappa shape index (κ3) is 3.37. The van der Waals surface area contributed by atoms with E-state index >= 15 is 0 Å². The molecule has 3 atom stereocenters. The predicted octanol–water partition coefficient (Wildman–Crippen LogP) is 3.90. The van der Waals surface area contributed by atoms with Gasteiger partial charge >= 0.3 is 0 Å². The Morgan fingerprint density at radius 2 is 1.73 bits per heavy atom. The van der Waals surface area contributed by atoms with Crippen LogP contribution >= 0.6 is 0 Å². The number of ether oxygens (including phenoxy) is 1. The van der Waals surface area contributed by atoms with Crippen LogP contribution in [0.5, 0.6) is 0 Å². The predicted molar refractivity (Wildman–Crippen MR) is 84.0 cm³/mol. The van der Waals surface area contributed by atoms with Gasteiger partial charge in [-0.05, 0) is 42.0 Å². The lowest BCUT2D eigenvalue weighted by Gasteiger charge is -2.25. The Kier molecular flexibility index (Phi) is 4.86. The van der Waals surface area contributed by atoms with E-state index in [-0.39, 0.29) is 30.4 Å². The monoisotopic (exact) mass is 300 g/mol. The first-order valence-electron chi connectivity index (χ1n) is 7.80. The van der Waals surface area contributed by atoms with Gasteiger partial charge in [-0.3, -0.25) is 0 Å². The van der Waals surface area contributed by atoms with Crippen LogP contribution in [0.3, 0.4) is 0 Å². The molecule has 0 unspecified atom stereocenters. The summed E-state index contributed by atoms with van der Waals surface area (Å²) in [6, 6.07) is 16.7. The number of hydrogen-bond donors (Lipinski definition) is 1. The highest BCUT2D eigenvalue weighted by molar-refractivity contribution is 5.24. The van der Waals surface area contributed by atoms with E-state index in [9.17, 15) is 9.50 Å². The highest BCUT2D eigenvalue weighted by Gasteiger charge is 2.37. The van der Waals surface area contributed by atoms with Crippen molar-refractivity contribution in [1.29, 1.82) is 0 Å². The molecular weight excluding hydrogens is 279 g/mol. The molecule has 1 saturated carbocycles. The van der Waals surface area contributed by atoms with Crippen molar-refractivity contribution >= 4 is 0 Å². The second-order valence-electron chi connectivity index (χ2n) is 5.93. The Bertz CT molecular complexity index is 582. The van der Waals surface area contributed by atoms with E-state index in [1.54, 1.807) is 0 Å². The average molecular weight is 300 g/mol. The fourth-order valence-electron chi connectivity index (χ4n) is 3.38. The van der Waals surface area contributed by atoms with Crippen molar-refractivity contribution < 1.29 is 14.2 Å². The maximum atomic E-state index is 13.1. The van der Waals surface area contributed by atoms with Gasteiger partial charge in [0, 0.05) is 12.5 Å². The van der Waals surface area contributed by atoms with E-state index in [2.05, 4.69) is 0 Å². The minimum atomic E-state index is -0.232. The number of rotatable bonds is 5. The molecule has 0 saturated heterocycles. The molecule has 0 aromatic heterocycles. The zero-order valence-electron chi connectivity index (χ0n) is 12.5. The second kappa shape index (κ2) is 7.03. The lowest BCUT2D eigenvalue weighted by molar-refractivity contribution is 0.0267. The first kappa shape index (κ1) is 15.2. The van der Waals surface area contributed by atoms with Gasteiger partial charge in [0.15, 0.2) is 0 Å². The molecule has 3 heteroatoms. The fourth-order valence-corrected chi connectivity index (χ4v) is 3.38. The van der Waals surface area contributed by atoms with Crippen LogP contribution in [0.25, 0.3) is 0 Å². The Balaban J connectivity index is 1.73. The quantitative estimate of drug-likeness (QED) is 0.907. The van der Waals surface area contributed by atoms with Crippen molar-refractivity contribution in [3.05, 3.63) is 71.5 Å². The molecule has 22 heavy (non-hydrogen) atoms. The minimum Gasteiger partial charge on any atom is -0.396 e. The van der Waals surface area contributed by atoms with Crippen LogP contribution in [0.1, 0.15) is 29.9 Å². The van der Waals surface area contributed by atoms with Crippen molar-refractivity contribution in [3.8, 4) is 0 Å². The molecule has 1 fully saturated rings. The van der Waals surface area contributed by atoms with Gasteiger partial charge in [0.25, 0.3) is 0 Å². The third-order valence-electron chi connectivity index (χ3n) is 4.53. The molecule has 1 aliphatic rings.